The molecule has 0 atom stereocenters. The molecule has 1 aromatic rings. The summed E-state index contributed by atoms with van der Waals surface area (Å²) in [7, 11) is 0. The molecule has 6 heteroatoms. The van der Waals surface area contributed by atoms with E-state index in [0.29, 0.717) is 0 Å². The molecule has 1 aromatic carbocycles. The van der Waals surface area contributed by atoms with Gasteiger partial charge in [0.25, 0.3) is 0 Å². The van der Waals surface area contributed by atoms with E-state index in [4.69, 9.17) is 5.11 Å². The third kappa shape index (κ3) is 1.38. The van der Waals surface area contributed by atoms with Crippen molar-refractivity contribution in [2.24, 2.45) is 0 Å². The molecule has 0 bridgehead atoms. The minimum atomic E-state index is -0.859. The van der Waals surface area contributed by atoms with Crippen molar-refractivity contribution in [3.05, 3.63) is 32.5 Å². The Labute approximate surface area is 74.9 Å². The normalized spacial score (nSPS) is 9.83. The lowest BCUT2D eigenvalue weighted by atomic mass is 10.3. The lowest BCUT2D eigenvalue weighted by Gasteiger charge is -1.98. The highest BCUT2D eigenvalue weighted by Crippen LogP contribution is 2.35. The number of aromatic hydroxyl groups is 1. The predicted octanol–water partition coefficient (Wildman–Crippen LogP) is 2.20. The molecule has 12 heavy (non-hydrogen) atoms. The van der Waals surface area contributed by atoms with Crippen LogP contribution in [-0.4, -0.2) is 10.0 Å². The highest BCUT2D eigenvalue weighted by atomic mass is 79.9. The number of rotatable bonds is 1. The molecule has 0 amide bonds. The van der Waals surface area contributed by atoms with Crippen molar-refractivity contribution in [3.63, 3.8) is 0 Å². The molecule has 1 rings (SSSR count). The van der Waals surface area contributed by atoms with Crippen LogP contribution in [0.2, 0.25) is 0 Å². The second-order valence-corrected chi connectivity index (χ2v) is 2.78. The van der Waals surface area contributed by atoms with Gasteiger partial charge in [-0.3, -0.25) is 10.1 Å². The number of phenols is 1. The maximum absolute atomic E-state index is 12.7. The summed E-state index contributed by atoms with van der Waals surface area (Å²) in [6, 6.07) is 1.87. The number of hydrogen-bond acceptors (Lipinski definition) is 3. The molecule has 64 valence electrons. The topological polar surface area (TPSA) is 63.4 Å². The summed E-state index contributed by atoms with van der Waals surface area (Å²) < 4.78 is 12.3. The van der Waals surface area contributed by atoms with E-state index in [2.05, 4.69) is 15.9 Å². The predicted molar refractivity (Wildman–Crippen MR) is 42.4 cm³/mol. The Balaban J connectivity index is 3.43. The molecular formula is C6H3BrFNO3. The van der Waals surface area contributed by atoms with Gasteiger partial charge in [0.2, 0.25) is 0 Å². The van der Waals surface area contributed by atoms with E-state index < -0.39 is 22.2 Å². The fourth-order valence-corrected chi connectivity index (χ4v) is 1.18. The molecule has 0 saturated heterocycles. The summed E-state index contributed by atoms with van der Waals surface area (Å²) in [6.45, 7) is 0. The summed E-state index contributed by atoms with van der Waals surface area (Å²) in [6.07, 6.45) is 0. The van der Waals surface area contributed by atoms with E-state index in [0.717, 1.165) is 12.1 Å². The van der Waals surface area contributed by atoms with E-state index in [1.54, 1.807) is 0 Å². The second-order valence-electron chi connectivity index (χ2n) is 1.99. The second kappa shape index (κ2) is 3.06. The van der Waals surface area contributed by atoms with Gasteiger partial charge in [-0.2, -0.15) is 0 Å². The van der Waals surface area contributed by atoms with Crippen molar-refractivity contribution >= 4 is 21.6 Å². The largest absolute Gasteiger partial charge is 0.502 e. The maximum atomic E-state index is 12.7. The van der Waals surface area contributed by atoms with Crippen LogP contribution in [0.1, 0.15) is 0 Å². The first-order valence-corrected chi connectivity index (χ1v) is 3.64. The van der Waals surface area contributed by atoms with Crippen molar-refractivity contribution < 1.29 is 14.4 Å². The van der Waals surface area contributed by atoms with Crippen LogP contribution >= 0.6 is 15.9 Å². The average Bonchev–Trinajstić information content (AvgIpc) is 1.97. The molecule has 4 nitrogen and oxygen atoms in total. The Bertz CT molecular complexity index is 342. The fraction of sp³-hybridized carbons (Fsp3) is 0. The van der Waals surface area contributed by atoms with E-state index in [1.165, 1.54) is 0 Å². The Morgan fingerprint density at radius 2 is 2.17 bits per heavy atom. The van der Waals surface area contributed by atoms with Crippen LogP contribution in [0.5, 0.6) is 5.75 Å². The zero-order valence-corrected chi connectivity index (χ0v) is 7.21. The third-order valence-corrected chi connectivity index (χ3v) is 1.98. The van der Waals surface area contributed by atoms with E-state index in [-0.39, 0.29) is 4.47 Å². The number of halogens is 2. The highest BCUT2D eigenvalue weighted by Gasteiger charge is 2.20. The fourth-order valence-electron chi connectivity index (χ4n) is 0.703. The molecule has 0 radical (unpaired) electrons. The first-order chi connectivity index (χ1) is 5.54. The van der Waals surface area contributed by atoms with Gasteiger partial charge in [0.05, 0.1) is 4.92 Å². The molecule has 0 saturated carbocycles. The maximum Gasteiger partial charge on any atom is 0.327 e. The summed E-state index contributed by atoms with van der Waals surface area (Å²) in [4.78, 5) is 9.39. The van der Waals surface area contributed by atoms with Crippen LogP contribution in [-0.2, 0) is 0 Å². The smallest absolute Gasteiger partial charge is 0.327 e. The average molecular weight is 236 g/mol. The van der Waals surface area contributed by atoms with Gasteiger partial charge in [-0.1, -0.05) is 0 Å². The van der Waals surface area contributed by atoms with Crippen LogP contribution in [0.15, 0.2) is 16.6 Å². The lowest BCUT2D eigenvalue weighted by Crippen LogP contribution is -1.91. The van der Waals surface area contributed by atoms with Gasteiger partial charge in [0.1, 0.15) is 10.3 Å². The molecule has 0 aliphatic rings. The zero-order valence-electron chi connectivity index (χ0n) is 5.62. The SMILES string of the molecule is O=[N+]([O-])c1c(O)ccc(F)c1Br. The van der Waals surface area contributed by atoms with Crippen molar-refractivity contribution in [1.82, 2.24) is 0 Å². The van der Waals surface area contributed by atoms with Crippen LogP contribution in [0.4, 0.5) is 10.1 Å². The number of nitro groups is 1. The van der Waals surface area contributed by atoms with Gasteiger partial charge in [0, 0.05) is 0 Å². The molecule has 0 aromatic heterocycles. The van der Waals surface area contributed by atoms with Gasteiger partial charge in [-0.05, 0) is 28.1 Å². The molecule has 0 fully saturated rings. The first kappa shape index (κ1) is 8.92. The van der Waals surface area contributed by atoms with Crippen molar-refractivity contribution in [3.8, 4) is 5.75 Å². The van der Waals surface area contributed by atoms with E-state index in [1.807, 2.05) is 0 Å². The molecule has 0 heterocycles. The van der Waals surface area contributed by atoms with Gasteiger partial charge in [-0.25, -0.2) is 4.39 Å². The Hall–Kier alpha value is -1.17. The number of benzene rings is 1. The molecule has 0 spiro atoms. The number of nitro benzene ring substituents is 1. The number of nitrogens with zero attached hydrogens (tertiary/aromatic N) is 1. The third-order valence-electron chi connectivity index (χ3n) is 1.23. The van der Waals surface area contributed by atoms with Crippen molar-refractivity contribution in [2.45, 2.75) is 0 Å². The lowest BCUT2D eigenvalue weighted by molar-refractivity contribution is -0.386. The zero-order chi connectivity index (χ0) is 9.30. The van der Waals surface area contributed by atoms with Crippen molar-refractivity contribution in [2.75, 3.05) is 0 Å². The quantitative estimate of drug-likeness (QED) is 0.600. The number of phenolic OH excluding ortho intramolecular Hbond substituents is 1. The molecule has 1 N–H and O–H groups in total. The van der Waals surface area contributed by atoms with Crippen LogP contribution in [0.3, 0.4) is 0 Å². The summed E-state index contributed by atoms with van der Waals surface area (Å²) in [5, 5.41) is 19.2. The summed E-state index contributed by atoms with van der Waals surface area (Å²) >= 11 is 2.65. The molecule has 0 unspecified atom stereocenters. The Morgan fingerprint density at radius 3 is 2.58 bits per heavy atom. The van der Waals surface area contributed by atoms with Crippen molar-refractivity contribution in [1.29, 1.82) is 0 Å². The summed E-state index contributed by atoms with van der Waals surface area (Å²) in [5.74, 6) is -1.34. The van der Waals surface area contributed by atoms with Gasteiger partial charge >= 0.3 is 5.69 Å². The van der Waals surface area contributed by atoms with Crippen LogP contribution in [0.25, 0.3) is 0 Å². The van der Waals surface area contributed by atoms with Gasteiger partial charge in [-0.15, -0.1) is 0 Å². The van der Waals surface area contributed by atoms with E-state index in [9.17, 15) is 14.5 Å². The van der Waals surface area contributed by atoms with Gasteiger partial charge in [0.15, 0.2) is 5.75 Å². The van der Waals surface area contributed by atoms with Crippen LogP contribution < -0.4 is 0 Å². The first-order valence-electron chi connectivity index (χ1n) is 2.85. The standard InChI is InChI=1S/C6H3BrFNO3/c7-5-3(8)1-2-4(10)6(5)9(11)12/h1-2,10H. The molecular weight excluding hydrogens is 233 g/mol. The van der Waals surface area contributed by atoms with Crippen LogP contribution in [0, 0.1) is 15.9 Å². The molecule has 0 aliphatic heterocycles. The number of hydrogen-bond donors (Lipinski definition) is 1. The van der Waals surface area contributed by atoms with Gasteiger partial charge < -0.3 is 5.11 Å². The minimum Gasteiger partial charge on any atom is -0.502 e. The highest BCUT2D eigenvalue weighted by molar-refractivity contribution is 9.10. The summed E-state index contributed by atoms with van der Waals surface area (Å²) in [5.41, 5.74) is -0.657. The van der Waals surface area contributed by atoms with E-state index >= 15 is 0 Å². The minimum absolute atomic E-state index is 0.340. The Morgan fingerprint density at radius 1 is 1.58 bits per heavy atom. The molecule has 0 aliphatic carbocycles. The monoisotopic (exact) mass is 235 g/mol. The Kier molecular flexibility index (Phi) is 2.27.